The van der Waals surface area contributed by atoms with Gasteiger partial charge in [-0.05, 0) is 49.8 Å². The normalized spacial score (nSPS) is 15.0. The number of hydrogen-bond donors (Lipinski definition) is 0. The van der Waals surface area contributed by atoms with E-state index < -0.39 is 0 Å². The SMILES string of the molecule is C=C1C(CC(C)C)=C(C#N)C(=O)N1c1c(C)cc(C)cc1C. The van der Waals surface area contributed by atoms with Gasteiger partial charge in [0.15, 0.2) is 0 Å². The average Bonchev–Trinajstić information content (AvgIpc) is 2.61. The van der Waals surface area contributed by atoms with Gasteiger partial charge in [0.25, 0.3) is 5.91 Å². The topological polar surface area (TPSA) is 44.1 Å². The number of nitriles is 1. The summed E-state index contributed by atoms with van der Waals surface area (Å²) >= 11 is 0. The van der Waals surface area contributed by atoms with Crippen LogP contribution >= 0.6 is 0 Å². The van der Waals surface area contributed by atoms with Crippen LogP contribution in [0.25, 0.3) is 0 Å². The molecule has 0 radical (unpaired) electrons. The Morgan fingerprint density at radius 3 is 2.23 bits per heavy atom. The predicted molar refractivity (Wildman–Crippen MR) is 89.4 cm³/mol. The molecule has 3 nitrogen and oxygen atoms in total. The summed E-state index contributed by atoms with van der Waals surface area (Å²) < 4.78 is 0. The van der Waals surface area contributed by atoms with Crippen molar-refractivity contribution in [2.24, 2.45) is 5.92 Å². The molecule has 0 aliphatic carbocycles. The third kappa shape index (κ3) is 2.57. The van der Waals surface area contributed by atoms with Crippen molar-refractivity contribution in [3.8, 4) is 6.07 Å². The van der Waals surface area contributed by atoms with Gasteiger partial charge in [0.1, 0.15) is 11.6 Å². The van der Waals surface area contributed by atoms with Gasteiger partial charge in [-0.3, -0.25) is 9.69 Å². The first-order valence-electron chi connectivity index (χ1n) is 7.52. The highest BCUT2D eigenvalue weighted by Crippen LogP contribution is 2.39. The number of carbonyl (C=O) groups excluding carboxylic acids is 1. The molecule has 0 aromatic heterocycles. The number of allylic oxidation sites excluding steroid dienone is 1. The van der Waals surface area contributed by atoms with E-state index >= 15 is 0 Å². The lowest BCUT2D eigenvalue weighted by Crippen LogP contribution is -2.26. The Kier molecular flexibility index (Phi) is 4.23. The van der Waals surface area contributed by atoms with E-state index in [2.05, 4.69) is 38.6 Å². The lowest BCUT2D eigenvalue weighted by Gasteiger charge is -2.24. The molecule has 0 unspecified atom stereocenters. The number of amides is 1. The molecule has 0 fully saturated rings. The van der Waals surface area contributed by atoms with Gasteiger partial charge in [-0.1, -0.05) is 38.1 Å². The number of hydrogen-bond acceptors (Lipinski definition) is 2. The molecule has 22 heavy (non-hydrogen) atoms. The fourth-order valence-corrected chi connectivity index (χ4v) is 3.15. The molecule has 3 heteroatoms. The van der Waals surface area contributed by atoms with E-state index in [0.29, 0.717) is 18.0 Å². The number of aryl methyl sites for hydroxylation is 3. The molecule has 1 aromatic carbocycles. The van der Waals surface area contributed by atoms with E-state index in [4.69, 9.17) is 0 Å². The van der Waals surface area contributed by atoms with Crippen LogP contribution in [0.1, 0.15) is 37.0 Å². The van der Waals surface area contributed by atoms with Crippen molar-refractivity contribution >= 4 is 11.6 Å². The van der Waals surface area contributed by atoms with Crippen LogP contribution in [0.4, 0.5) is 5.69 Å². The van der Waals surface area contributed by atoms with Crippen LogP contribution in [0.15, 0.2) is 35.6 Å². The Labute approximate surface area is 132 Å². The first-order valence-corrected chi connectivity index (χ1v) is 7.52. The van der Waals surface area contributed by atoms with E-state index in [9.17, 15) is 10.1 Å². The number of anilines is 1. The molecule has 0 bridgehead atoms. The monoisotopic (exact) mass is 294 g/mol. The zero-order valence-electron chi connectivity index (χ0n) is 13.9. The molecule has 0 N–H and O–H groups in total. The van der Waals surface area contributed by atoms with E-state index in [1.807, 2.05) is 20.8 Å². The van der Waals surface area contributed by atoms with Gasteiger partial charge in [0.05, 0.1) is 5.69 Å². The molecule has 0 spiro atoms. The van der Waals surface area contributed by atoms with E-state index in [0.717, 1.165) is 28.0 Å². The minimum absolute atomic E-state index is 0.234. The summed E-state index contributed by atoms with van der Waals surface area (Å²) in [4.78, 5) is 14.3. The summed E-state index contributed by atoms with van der Waals surface area (Å²) in [6.45, 7) is 14.3. The largest absolute Gasteiger partial charge is 0.276 e. The molecule has 1 aliphatic rings. The smallest absolute Gasteiger partial charge is 0.273 e. The van der Waals surface area contributed by atoms with Gasteiger partial charge in [0.2, 0.25) is 0 Å². The van der Waals surface area contributed by atoms with Crippen LogP contribution in [0.3, 0.4) is 0 Å². The van der Waals surface area contributed by atoms with Crippen LogP contribution < -0.4 is 4.90 Å². The number of carbonyl (C=O) groups is 1. The van der Waals surface area contributed by atoms with Crippen molar-refractivity contribution in [3.05, 3.63) is 52.2 Å². The van der Waals surface area contributed by atoms with Crippen molar-refractivity contribution in [2.45, 2.75) is 41.0 Å². The highest BCUT2D eigenvalue weighted by molar-refractivity contribution is 6.16. The van der Waals surface area contributed by atoms with Crippen LogP contribution in [-0.2, 0) is 4.79 Å². The first kappa shape index (κ1) is 16.0. The molecule has 0 atom stereocenters. The van der Waals surface area contributed by atoms with Gasteiger partial charge < -0.3 is 0 Å². The maximum Gasteiger partial charge on any atom is 0.273 e. The Bertz CT molecular complexity index is 709. The lowest BCUT2D eigenvalue weighted by molar-refractivity contribution is -0.113. The summed E-state index contributed by atoms with van der Waals surface area (Å²) in [5, 5.41) is 9.39. The molecular weight excluding hydrogens is 272 g/mol. The second kappa shape index (κ2) is 5.81. The number of nitrogens with zero attached hydrogens (tertiary/aromatic N) is 2. The maximum atomic E-state index is 12.7. The predicted octanol–water partition coefficient (Wildman–Crippen LogP) is 4.34. The highest BCUT2D eigenvalue weighted by atomic mass is 16.2. The van der Waals surface area contributed by atoms with Crippen molar-refractivity contribution in [1.82, 2.24) is 0 Å². The average molecular weight is 294 g/mol. The highest BCUT2D eigenvalue weighted by Gasteiger charge is 2.36. The van der Waals surface area contributed by atoms with E-state index in [-0.39, 0.29) is 11.5 Å². The van der Waals surface area contributed by atoms with Crippen molar-refractivity contribution < 1.29 is 4.79 Å². The molecule has 1 amide bonds. The van der Waals surface area contributed by atoms with Gasteiger partial charge in [-0.15, -0.1) is 0 Å². The minimum atomic E-state index is -0.252. The summed E-state index contributed by atoms with van der Waals surface area (Å²) in [6, 6.07) is 6.18. The van der Waals surface area contributed by atoms with Gasteiger partial charge >= 0.3 is 0 Å². The van der Waals surface area contributed by atoms with Crippen LogP contribution in [-0.4, -0.2) is 5.91 Å². The summed E-state index contributed by atoms with van der Waals surface area (Å²) in [6.07, 6.45) is 0.688. The molecule has 2 rings (SSSR count). The molecule has 1 aliphatic heterocycles. The summed E-state index contributed by atoms with van der Waals surface area (Å²) in [5.74, 6) is 0.112. The first-order chi connectivity index (χ1) is 10.3. The fraction of sp³-hybridized carbons (Fsp3) is 0.368. The standard InChI is InChI=1S/C19H22N2O/c1-11(2)7-16-15(6)21(19(22)17(16)10-20)18-13(4)8-12(3)9-14(18)5/h8-9,11H,6-7H2,1-5H3. The molecule has 1 aromatic rings. The van der Waals surface area contributed by atoms with Crippen molar-refractivity contribution in [2.75, 3.05) is 4.90 Å². The Hall–Kier alpha value is -2.34. The van der Waals surface area contributed by atoms with Gasteiger partial charge in [-0.25, -0.2) is 0 Å². The fourth-order valence-electron chi connectivity index (χ4n) is 3.15. The molecule has 1 heterocycles. The van der Waals surface area contributed by atoms with Crippen LogP contribution in [0, 0.1) is 38.0 Å². The van der Waals surface area contributed by atoms with Gasteiger partial charge in [0, 0.05) is 5.70 Å². The van der Waals surface area contributed by atoms with Crippen LogP contribution in [0.5, 0.6) is 0 Å². The Morgan fingerprint density at radius 1 is 1.23 bits per heavy atom. The van der Waals surface area contributed by atoms with Crippen LogP contribution in [0.2, 0.25) is 0 Å². The molecule has 114 valence electrons. The molecular formula is C19H22N2O. The summed E-state index contributed by atoms with van der Waals surface area (Å²) in [7, 11) is 0. The lowest BCUT2D eigenvalue weighted by atomic mass is 9.98. The Balaban J connectivity index is 2.56. The van der Waals surface area contributed by atoms with Crippen molar-refractivity contribution in [3.63, 3.8) is 0 Å². The zero-order valence-corrected chi connectivity index (χ0v) is 13.9. The summed E-state index contributed by atoms with van der Waals surface area (Å²) in [5.41, 5.74) is 5.72. The molecule has 0 saturated carbocycles. The second-order valence-corrected chi connectivity index (χ2v) is 6.40. The van der Waals surface area contributed by atoms with E-state index in [1.54, 1.807) is 4.90 Å². The second-order valence-electron chi connectivity index (χ2n) is 6.40. The van der Waals surface area contributed by atoms with Gasteiger partial charge in [-0.2, -0.15) is 5.26 Å². The maximum absolute atomic E-state index is 12.7. The zero-order chi connectivity index (χ0) is 16.6. The molecule has 0 saturated heterocycles. The third-order valence-electron chi connectivity index (χ3n) is 3.92. The van der Waals surface area contributed by atoms with E-state index in [1.165, 1.54) is 0 Å². The van der Waals surface area contributed by atoms with Crippen molar-refractivity contribution in [1.29, 1.82) is 5.26 Å². The number of benzene rings is 1. The quantitative estimate of drug-likeness (QED) is 0.832. The Morgan fingerprint density at radius 2 is 1.77 bits per heavy atom. The third-order valence-corrected chi connectivity index (χ3v) is 3.92. The minimum Gasteiger partial charge on any atom is -0.276 e. The number of rotatable bonds is 3.